The van der Waals surface area contributed by atoms with Crippen LogP contribution < -0.4 is 10.5 Å². The van der Waals surface area contributed by atoms with Crippen LogP contribution in [0.2, 0.25) is 0 Å². The van der Waals surface area contributed by atoms with E-state index in [4.69, 9.17) is 5.73 Å². The highest BCUT2D eigenvalue weighted by Crippen LogP contribution is 1.96. The first-order valence-corrected chi connectivity index (χ1v) is 6.21. The van der Waals surface area contributed by atoms with E-state index in [-0.39, 0.29) is 11.8 Å². The molecule has 3 N–H and O–H groups in total. The smallest absolute Gasteiger partial charge is 0.211 e. The van der Waals surface area contributed by atoms with Gasteiger partial charge in [0.1, 0.15) is 0 Å². The molecule has 0 amide bonds. The lowest BCUT2D eigenvalue weighted by Crippen LogP contribution is -2.36. The van der Waals surface area contributed by atoms with Gasteiger partial charge in [0.2, 0.25) is 10.0 Å². The van der Waals surface area contributed by atoms with Crippen molar-refractivity contribution in [1.82, 2.24) is 4.72 Å². The Bertz CT molecular complexity index is 262. The van der Waals surface area contributed by atoms with Gasteiger partial charge in [-0.05, 0) is 13.3 Å². The molecule has 0 bridgehead atoms. The maximum Gasteiger partial charge on any atom is 0.211 e. The van der Waals surface area contributed by atoms with Crippen LogP contribution in [-0.2, 0) is 10.0 Å². The normalized spacial score (nSPS) is 14.0. The molecular formula is C7H16N2O2S2. The van der Waals surface area contributed by atoms with Gasteiger partial charge in [-0.15, -0.1) is 0 Å². The topological polar surface area (TPSA) is 72.2 Å². The Hall–Kier alpha value is -0.200. The summed E-state index contributed by atoms with van der Waals surface area (Å²) in [4.78, 5) is 0.326. The van der Waals surface area contributed by atoms with Crippen LogP contribution in [0.1, 0.15) is 26.7 Å². The molecule has 0 aliphatic carbocycles. The molecule has 0 fully saturated rings. The third-order valence-electron chi connectivity index (χ3n) is 1.36. The molecule has 0 saturated carbocycles. The minimum atomic E-state index is -3.14. The van der Waals surface area contributed by atoms with E-state index in [1.165, 1.54) is 0 Å². The molecule has 0 aliphatic heterocycles. The molecule has 0 saturated heterocycles. The summed E-state index contributed by atoms with van der Waals surface area (Å²) < 4.78 is 24.9. The molecule has 13 heavy (non-hydrogen) atoms. The van der Waals surface area contributed by atoms with Crippen molar-refractivity contribution in [2.45, 2.75) is 32.7 Å². The van der Waals surface area contributed by atoms with Crippen LogP contribution in [0, 0.1) is 0 Å². The molecule has 0 rings (SSSR count). The lowest BCUT2D eigenvalue weighted by atomic mass is 10.3. The Balaban J connectivity index is 4.04. The van der Waals surface area contributed by atoms with Crippen molar-refractivity contribution in [2.75, 3.05) is 5.75 Å². The standard InChI is InChI=1S/C7H16N2O2S2/c1-3-4-13(10,11)9-6(2)5-7(8)12/h6,9H,3-5H2,1-2H3,(H2,8,12). The molecule has 0 aromatic carbocycles. The van der Waals surface area contributed by atoms with Crippen LogP contribution in [0.15, 0.2) is 0 Å². The van der Waals surface area contributed by atoms with E-state index in [1.807, 2.05) is 6.92 Å². The van der Waals surface area contributed by atoms with Gasteiger partial charge in [-0.2, -0.15) is 0 Å². The number of hydrogen-bond acceptors (Lipinski definition) is 3. The first kappa shape index (κ1) is 12.8. The highest BCUT2D eigenvalue weighted by molar-refractivity contribution is 7.89. The molecule has 1 atom stereocenters. The second-order valence-electron chi connectivity index (χ2n) is 3.01. The van der Waals surface area contributed by atoms with E-state index in [0.717, 1.165) is 0 Å². The van der Waals surface area contributed by atoms with Gasteiger partial charge in [-0.1, -0.05) is 19.1 Å². The number of sulfonamides is 1. The first-order valence-electron chi connectivity index (χ1n) is 4.15. The molecule has 4 nitrogen and oxygen atoms in total. The van der Waals surface area contributed by atoms with E-state index < -0.39 is 10.0 Å². The van der Waals surface area contributed by atoms with Gasteiger partial charge in [0.15, 0.2) is 0 Å². The van der Waals surface area contributed by atoms with Gasteiger partial charge in [0.25, 0.3) is 0 Å². The number of hydrogen-bond donors (Lipinski definition) is 2. The van der Waals surface area contributed by atoms with E-state index in [0.29, 0.717) is 17.8 Å². The number of nitrogens with one attached hydrogen (secondary N) is 1. The average molecular weight is 224 g/mol. The summed E-state index contributed by atoms with van der Waals surface area (Å²) in [5.41, 5.74) is 5.28. The SMILES string of the molecule is CCCS(=O)(=O)NC(C)CC(N)=S. The summed E-state index contributed by atoms with van der Waals surface area (Å²) in [5, 5.41) is 0. The van der Waals surface area contributed by atoms with E-state index in [1.54, 1.807) is 6.92 Å². The van der Waals surface area contributed by atoms with E-state index in [9.17, 15) is 8.42 Å². The van der Waals surface area contributed by atoms with Crippen molar-refractivity contribution in [1.29, 1.82) is 0 Å². The van der Waals surface area contributed by atoms with Crippen molar-refractivity contribution in [3.05, 3.63) is 0 Å². The van der Waals surface area contributed by atoms with Crippen molar-refractivity contribution in [3.63, 3.8) is 0 Å². The molecule has 1 unspecified atom stereocenters. The molecule has 0 radical (unpaired) electrons. The summed E-state index contributed by atoms with van der Waals surface area (Å²) in [6.07, 6.45) is 1.01. The van der Waals surface area contributed by atoms with Crippen LogP contribution in [0.4, 0.5) is 0 Å². The molecule has 0 aliphatic rings. The largest absolute Gasteiger partial charge is 0.393 e. The second kappa shape index (κ2) is 5.51. The summed E-state index contributed by atoms with van der Waals surface area (Å²) in [6.45, 7) is 3.56. The van der Waals surface area contributed by atoms with Gasteiger partial charge < -0.3 is 5.73 Å². The zero-order valence-corrected chi connectivity index (χ0v) is 9.54. The van der Waals surface area contributed by atoms with Crippen molar-refractivity contribution in [3.8, 4) is 0 Å². The predicted octanol–water partition coefficient (Wildman–Crippen LogP) is 0.380. The van der Waals surface area contributed by atoms with Crippen LogP contribution in [0.5, 0.6) is 0 Å². The number of thiocarbonyl (C=S) groups is 1. The fourth-order valence-corrected chi connectivity index (χ4v) is 2.58. The molecule has 0 spiro atoms. The molecule has 78 valence electrons. The molecule has 0 aromatic rings. The zero-order chi connectivity index (χ0) is 10.5. The average Bonchev–Trinajstić information content (AvgIpc) is 1.81. The summed E-state index contributed by atoms with van der Waals surface area (Å²) in [5.74, 6) is 0.147. The van der Waals surface area contributed by atoms with Crippen LogP contribution in [0.25, 0.3) is 0 Å². The maximum atomic E-state index is 11.2. The van der Waals surface area contributed by atoms with Gasteiger partial charge in [0.05, 0.1) is 10.7 Å². The van der Waals surface area contributed by atoms with E-state index in [2.05, 4.69) is 16.9 Å². The van der Waals surface area contributed by atoms with Crippen LogP contribution >= 0.6 is 12.2 Å². The van der Waals surface area contributed by atoms with E-state index >= 15 is 0 Å². The summed E-state index contributed by atoms with van der Waals surface area (Å²) >= 11 is 4.67. The lowest BCUT2D eigenvalue weighted by molar-refractivity contribution is 0.563. The predicted molar refractivity (Wildman–Crippen MR) is 58.1 cm³/mol. The maximum absolute atomic E-state index is 11.2. The molecule has 0 heterocycles. The Morgan fingerprint density at radius 1 is 1.62 bits per heavy atom. The minimum absolute atomic E-state index is 0.147. The fraction of sp³-hybridized carbons (Fsp3) is 0.857. The lowest BCUT2D eigenvalue weighted by Gasteiger charge is -2.12. The first-order chi connectivity index (χ1) is 5.87. The van der Waals surface area contributed by atoms with Crippen LogP contribution in [0.3, 0.4) is 0 Å². The quantitative estimate of drug-likeness (QED) is 0.640. The Morgan fingerprint density at radius 2 is 2.15 bits per heavy atom. The van der Waals surface area contributed by atoms with Gasteiger partial charge in [-0.25, -0.2) is 13.1 Å². The Morgan fingerprint density at radius 3 is 2.54 bits per heavy atom. The molecular weight excluding hydrogens is 208 g/mol. The third kappa shape index (κ3) is 6.92. The zero-order valence-electron chi connectivity index (χ0n) is 7.91. The summed E-state index contributed by atoms with van der Waals surface area (Å²) in [6, 6.07) is -0.214. The second-order valence-corrected chi connectivity index (χ2v) is 5.41. The van der Waals surface area contributed by atoms with Gasteiger partial charge >= 0.3 is 0 Å². The van der Waals surface area contributed by atoms with Crippen molar-refractivity contribution < 1.29 is 8.42 Å². The van der Waals surface area contributed by atoms with Gasteiger partial charge in [0, 0.05) is 12.5 Å². The van der Waals surface area contributed by atoms with Crippen molar-refractivity contribution in [2.24, 2.45) is 5.73 Å². The highest BCUT2D eigenvalue weighted by atomic mass is 32.2. The number of nitrogens with two attached hydrogens (primary N) is 1. The molecule has 0 aromatic heterocycles. The third-order valence-corrected chi connectivity index (χ3v) is 3.23. The summed E-state index contributed by atoms with van der Waals surface area (Å²) in [7, 11) is -3.14. The highest BCUT2D eigenvalue weighted by Gasteiger charge is 2.13. The Kier molecular flexibility index (Phi) is 5.43. The number of rotatable bonds is 6. The van der Waals surface area contributed by atoms with Gasteiger partial charge in [-0.3, -0.25) is 0 Å². The molecule has 6 heteroatoms. The Labute approximate surface area is 84.9 Å². The van der Waals surface area contributed by atoms with Crippen molar-refractivity contribution >= 4 is 27.2 Å². The monoisotopic (exact) mass is 224 g/mol. The van der Waals surface area contributed by atoms with Crippen LogP contribution in [-0.4, -0.2) is 25.2 Å². The minimum Gasteiger partial charge on any atom is -0.393 e. The fourth-order valence-electron chi connectivity index (χ4n) is 0.978.